The number of rotatable bonds is 6. The molecule has 0 bridgehead atoms. The number of anilines is 1. The van der Waals surface area contributed by atoms with Gasteiger partial charge in [-0.05, 0) is 37.0 Å². The highest BCUT2D eigenvalue weighted by atomic mass is 16.2. The summed E-state index contributed by atoms with van der Waals surface area (Å²) in [5.74, 6) is 1.15. The minimum absolute atomic E-state index is 0.0507. The number of aromatic nitrogens is 2. The van der Waals surface area contributed by atoms with Crippen LogP contribution in [0.2, 0.25) is 0 Å². The smallest absolute Gasteiger partial charge is 0.219 e. The molecule has 0 radical (unpaired) electrons. The molecule has 0 atom stereocenters. The molecule has 0 spiro atoms. The van der Waals surface area contributed by atoms with Crippen molar-refractivity contribution >= 4 is 17.4 Å². The molecule has 1 aliphatic heterocycles. The number of amidine groups is 1. The van der Waals surface area contributed by atoms with Crippen LogP contribution in [0.5, 0.6) is 0 Å². The third-order valence-electron chi connectivity index (χ3n) is 5.64. The van der Waals surface area contributed by atoms with Crippen molar-refractivity contribution in [1.29, 1.82) is 5.41 Å². The Morgan fingerprint density at radius 1 is 1.31 bits per heavy atom. The molecule has 0 unspecified atom stereocenters. The van der Waals surface area contributed by atoms with Crippen molar-refractivity contribution in [3.05, 3.63) is 47.8 Å². The van der Waals surface area contributed by atoms with E-state index in [0.717, 1.165) is 47.1 Å². The largest absolute Gasteiger partial charge is 0.388 e. The predicted molar refractivity (Wildman–Crippen MR) is 115 cm³/mol. The Labute approximate surface area is 171 Å². The number of carbonyl (C=O) groups is 1. The molecule has 152 valence electrons. The van der Waals surface area contributed by atoms with E-state index in [1.165, 1.54) is 12.8 Å². The molecule has 7 nitrogen and oxygen atoms in total. The maximum Gasteiger partial charge on any atom is 0.219 e. The predicted octanol–water partition coefficient (Wildman–Crippen LogP) is 2.98. The van der Waals surface area contributed by atoms with Gasteiger partial charge in [-0.3, -0.25) is 14.9 Å². The second-order valence-corrected chi connectivity index (χ2v) is 7.89. The van der Waals surface area contributed by atoms with Gasteiger partial charge >= 0.3 is 0 Å². The molecule has 29 heavy (non-hydrogen) atoms. The topological polar surface area (TPSA) is 86.0 Å². The number of benzene rings is 1. The molecule has 2 aromatic rings. The molecule has 3 N–H and O–H groups in total. The zero-order chi connectivity index (χ0) is 20.4. The Hall–Kier alpha value is -3.09. The summed E-state index contributed by atoms with van der Waals surface area (Å²) in [5.41, 5.74) is 4.87. The van der Waals surface area contributed by atoms with Crippen LogP contribution in [-0.4, -0.2) is 46.1 Å². The summed E-state index contributed by atoms with van der Waals surface area (Å²) in [6, 6.07) is 9.96. The van der Waals surface area contributed by atoms with Gasteiger partial charge in [0.2, 0.25) is 5.91 Å². The van der Waals surface area contributed by atoms with Crippen LogP contribution >= 0.6 is 0 Å². The zero-order valence-electron chi connectivity index (χ0n) is 17.0. The number of nitrogens with one attached hydrogen (secondary N) is 3. The Bertz CT molecular complexity index is 956. The summed E-state index contributed by atoms with van der Waals surface area (Å²) >= 11 is 0. The highest BCUT2D eigenvalue weighted by molar-refractivity contribution is 6.07. The number of hydrogen-bond donors (Lipinski definition) is 3. The Morgan fingerprint density at radius 2 is 2.14 bits per heavy atom. The lowest BCUT2D eigenvalue weighted by atomic mass is 10.0. The van der Waals surface area contributed by atoms with E-state index in [4.69, 9.17) is 5.41 Å². The second-order valence-electron chi connectivity index (χ2n) is 7.89. The first-order valence-electron chi connectivity index (χ1n) is 10.2. The van der Waals surface area contributed by atoms with Crippen molar-refractivity contribution in [2.75, 3.05) is 25.0 Å². The summed E-state index contributed by atoms with van der Waals surface area (Å²) in [4.78, 5) is 13.7. The third kappa shape index (κ3) is 4.50. The van der Waals surface area contributed by atoms with Crippen LogP contribution in [0, 0.1) is 11.3 Å². The van der Waals surface area contributed by atoms with Crippen molar-refractivity contribution in [3.63, 3.8) is 0 Å². The maximum absolute atomic E-state index is 11.9. The van der Waals surface area contributed by atoms with Gasteiger partial charge in [-0.2, -0.15) is 5.10 Å². The zero-order valence-corrected chi connectivity index (χ0v) is 17.0. The van der Waals surface area contributed by atoms with Crippen LogP contribution in [0.3, 0.4) is 0 Å². The molecule has 2 heterocycles. The standard InChI is InChI=1S/C22H28N6O/c1-15(29)28-11-9-20(24-13-16-6-7-16)19(14-28)22(23)26-18-5-3-4-17(12-18)21-8-10-25-27(21)2/h3-5,8,10,12,16,24H,6-7,9,11,13-14H2,1-2H3,(H2,23,26). The third-order valence-corrected chi connectivity index (χ3v) is 5.64. The summed E-state index contributed by atoms with van der Waals surface area (Å²) in [5, 5.41) is 19.7. The molecule has 1 amide bonds. The van der Waals surface area contributed by atoms with E-state index in [-0.39, 0.29) is 5.91 Å². The van der Waals surface area contributed by atoms with Crippen LogP contribution in [0.4, 0.5) is 5.69 Å². The number of hydrogen-bond acceptors (Lipinski definition) is 4. The van der Waals surface area contributed by atoms with Crippen LogP contribution in [0.15, 0.2) is 47.8 Å². The first-order valence-corrected chi connectivity index (χ1v) is 10.2. The fourth-order valence-corrected chi connectivity index (χ4v) is 3.68. The van der Waals surface area contributed by atoms with E-state index in [1.54, 1.807) is 18.0 Å². The van der Waals surface area contributed by atoms with E-state index in [2.05, 4.69) is 15.7 Å². The van der Waals surface area contributed by atoms with Gasteiger partial charge in [0.25, 0.3) is 0 Å². The molecule has 1 aromatic carbocycles. The fraction of sp³-hybridized carbons (Fsp3) is 0.409. The first-order chi connectivity index (χ1) is 14.0. The molecular weight excluding hydrogens is 364 g/mol. The molecule has 2 aliphatic rings. The van der Waals surface area contributed by atoms with E-state index < -0.39 is 0 Å². The lowest BCUT2D eigenvalue weighted by molar-refractivity contribution is -0.128. The number of amides is 1. The SMILES string of the molecule is CC(=O)N1CCC(NCC2CC2)=C(C(=N)Nc2cccc(-c3ccnn3C)c2)C1. The van der Waals surface area contributed by atoms with E-state index in [1.807, 2.05) is 42.1 Å². The highest BCUT2D eigenvalue weighted by Crippen LogP contribution is 2.29. The van der Waals surface area contributed by atoms with Gasteiger partial charge in [0.05, 0.1) is 12.2 Å². The van der Waals surface area contributed by atoms with Gasteiger partial charge in [-0.1, -0.05) is 12.1 Å². The number of aryl methyl sites for hydroxylation is 1. The van der Waals surface area contributed by atoms with Gasteiger partial charge in [-0.25, -0.2) is 0 Å². The number of carbonyl (C=O) groups excluding carboxylic acids is 1. The Kier molecular flexibility index (Phi) is 5.38. The number of nitrogens with zero attached hydrogens (tertiary/aromatic N) is 3. The molecule has 1 aromatic heterocycles. The van der Waals surface area contributed by atoms with Crippen LogP contribution in [0.25, 0.3) is 11.3 Å². The van der Waals surface area contributed by atoms with Crippen molar-refractivity contribution in [2.24, 2.45) is 13.0 Å². The lowest BCUT2D eigenvalue weighted by Gasteiger charge is -2.31. The summed E-state index contributed by atoms with van der Waals surface area (Å²) in [6.45, 7) is 3.72. The first kappa shape index (κ1) is 19.2. The van der Waals surface area contributed by atoms with E-state index in [0.29, 0.717) is 18.9 Å². The monoisotopic (exact) mass is 392 g/mol. The highest BCUT2D eigenvalue weighted by Gasteiger charge is 2.26. The van der Waals surface area contributed by atoms with E-state index in [9.17, 15) is 4.79 Å². The molecule has 1 saturated carbocycles. The van der Waals surface area contributed by atoms with Crippen LogP contribution < -0.4 is 10.6 Å². The Morgan fingerprint density at radius 3 is 2.83 bits per heavy atom. The van der Waals surface area contributed by atoms with Crippen LogP contribution in [0.1, 0.15) is 26.2 Å². The molecule has 0 saturated heterocycles. The van der Waals surface area contributed by atoms with Crippen LogP contribution in [-0.2, 0) is 11.8 Å². The average Bonchev–Trinajstić information content (AvgIpc) is 3.45. The molecule has 1 aliphatic carbocycles. The van der Waals surface area contributed by atoms with Gasteiger partial charge in [0, 0.05) is 62.2 Å². The van der Waals surface area contributed by atoms with Crippen molar-refractivity contribution in [2.45, 2.75) is 26.2 Å². The fourth-order valence-electron chi connectivity index (χ4n) is 3.68. The summed E-state index contributed by atoms with van der Waals surface area (Å²) in [6.07, 6.45) is 5.11. The maximum atomic E-state index is 11.9. The van der Waals surface area contributed by atoms with Crippen molar-refractivity contribution < 1.29 is 4.79 Å². The molecule has 4 rings (SSSR count). The normalized spacial score (nSPS) is 16.7. The van der Waals surface area contributed by atoms with Crippen molar-refractivity contribution in [1.82, 2.24) is 20.0 Å². The Balaban J connectivity index is 1.54. The van der Waals surface area contributed by atoms with E-state index >= 15 is 0 Å². The van der Waals surface area contributed by atoms with Gasteiger partial charge in [-0.15, -0.1) is 0 Å². The molecule has 1 fully saturated rings. The van der Waals surface area contributed by atoms with Gasteiger partial charge in [0.15, 0.2) is 0 Å². The minimum Gasteiger partial charge on any atom is -0.388 e. The second kappa shape index (κ2) is 8.11. The van der Waals surface area contributed by atoms with Gasteiger partial charge in [0.1, 0.15) is 5.84 Å². The van der Waals surface area contributed by atoms with Crippen molar-refractivity contribution in [3.8, 4) is 11.3 Å². The molecular formula is C22H28N6O. The minimum atomic E-state index is 0.0507. The molecule has 7 heteroatoms. The van der Waals surface area contributed by atoms with Gasteiger partial charge < -0.3 is 15.5 Å². The summed E-state index contributed by atoms with van der Waals surface area (Å²) < 4.78 is 1.83. The quantitative estimate of drug-likeness (QED) is 0.521. The summed E-state index contributed by atoms with van der Waals surface area (Å²) in [7, 11) is 1.92. The average molecular weight is 393 g/mol. The lowest BCUT2D eigenvalue weighted by Crippen LogP contribution is -2.41.